The summed E-state index contributed by atoms with van der Waals surface area (Å²) >= 11 is 2.38. The second-order valence-electron chi connectivity index (χ2n) is 8.47. The molecule has 2 aliphatic rings. The summed E-state index contributed by atoms with van der Waals surface area (Å²) in [6.07, 6.45) is 6.85. The summed E-state index contributed by atoms with van der Waals surface area (Å²) < 4.78 is 11.5. The Morgan fingerprint density at radius 3 is 2.86 bits per heavy atom. The van der Waals surface area contributed by atoms with Crippen molar-refractivity contribution in [3.8, 4) is 5.75 Å². The van der Waals surface area contributed by atoms with Crippen LogP contribution in [0.3, 0.4) is 0 Å². The number of fused-ring (bicyclic) bond motifs is 2. The second-order valence-corrected chi connectivity index (χ2v) is 9.55. The SMILES string of the molecule is COC(=O)COc1cccc2c1C[C@H]1C[C@@H](O)[C@H](CC[C@@H](O)CCCCI)[C@H]1C2. The summed E-state index contributed by atoms with van der Waals surface area (Å²) in [7, 11) is 1.36. The molecule has 0 saturated heterocycles. The first-order chi connectivity index (χ1) is 14.0. The normalized spacial score (nSPS) is 26.5. The highest BCUT2D eigenvalue weighted by Gasteiger charge is 2.44. The largest absolute Gasteiger partial charge is 0.482 e. The third-order valence-electron chi connectivity index (χ3n) is 6.67. The Bertz CT molecular complexity index is 679. The average Bonchev–Trinajstić information content (AvgIpc) is 3.02. The monoisotopic (exact) mass is 516 g/mol. The van der Waals surface area contributed by atoms with Gasteiger partial charge in [-0.25, -0.2) is 4.79 Å². The minimum atomic E-state index is -0.385. The number of ether oxygens (including phenoxy) is 2. The van der Waals surface area contributed by atoms with Gasteiger partial charge < -0.3 is 19.7 Å². The van der Waals surface area contributed by atoms with Crippen LogP contribution >= 0.6 is 22.6 Å². The quantitative estimate of drug-likeness (QED) is 0.215. The highest BCUT2D eigenvalue weighted by Crippen LogP contribution is 2.48. The predicted molar refractivity (Wildman–Crippen MR) is 120 cm³/mol. The van der Waals surface area contributed by atoms with Crippen LogP contribution in [0.4, 0.5) is 0 Å². The van der Waals surface area contributed by atoms with Crippen molar-refractivity contribution < 1.29 is 24.5 Å². The molecule has 3 rings (SSSR count). The van der Waals surface area contributed by atoms with E-state index in [1.54, 1.807) is 0 Å². The Morgan fingerprint density at radius 1 is 1.28 bits per heavy atom. The number of carbonyl (C=O) groups is 1. The van der Waals surface area contributed by atoms with E-state index in [0.29, 0.717) is 11.8 Å². The summed E-state index contributed by atoms with van der Waals surface area (Å²) in [5, 5.41) is 21.0. The lowest BCUT2D eigenvalue weighted by molar-refractivity contribution is -0.142. The van der Waals surface area contributed by atoms with Crippen molar-refractivity contribution in [1.82, 2.24) is 0 Å². The molecule has 2 N–H and O–H groups in total. The number of carbonyl (C=O) groups excluding carboxylic acids is 1. The molecule has 0 unspecified atom stereocenters. The van der Waals surface area contributed by atoms with Crippen LogP contribution in [0.5, 0.6) is 5.75 Å². The molecule has 162 valence electrons. The van der Waals surface area contributed by atoms with Gasteiger partial charge in [0.15, 0.2) is 6.61 Å². The van der Waals surface area contributed by atoms with Gasteiger partial charge in [0.05, 0.1) is 19.3 Å². The number of hydrogen-bond acceptors (Lipinski definition) is 5. The number of esters is 1. The van der Waals surface area contributed by atoms with Crippen LogP contribution in [0.25, 0.3) is 0 Å². The summed E-state index contributed by atoms with van der Waals surface area (Å²) in [6, 6.07) is 6.03. The van der Waals surface area contributed by atoms with Crippen LogP contribution in [0.1, 0.15) is 49.7 Å². The van der Waals surface area contributed by atoms with Crippen LogP contribution < -0.4 is 4.74 Å². The lowest BCUT2D eigenvalue weighted by atomic mass is 9.73. The predicted octanol–water partition coefficient (Wildman–Crippen LogP) is 3.70. The minimum Gasteiger partial charge on any atom is -0.482 e. The van der Waals surface area contributed by atoms with Crippen LogP contribution in [-0.4, -0.2) is 46.5 Å². The van der Waals surface area contributed by atoms with E-state index in [9.17, 15) is 15.0 Å². The zero-order valence-electron chi connectivity index (χ0n) is 17.2. The standard InChI is InChI=1S/C23H33IO5/c1-28-23(27)14-29-22-7-4-5-15-11-19-16(12-20(15)22)13-21(26)18(19)9-8-17(25)6-2-3-10-24/h4-5,7,16-19,21,25-26H,2-3,6,8-14H2,1H3/t16-,17-,18+,19-,21+/m0/s1. The molecule has 0 amide bonds. The summed E-state index contributed by atoms with van der Waals surface area (Å²) in [5.41, 5.74) is 2.43. The van der Waals surface area contributed by atoms with Gasteiger partial charge in [0.25, 0.3) is 0 Å². The van der Waals surface area contributed by atoms with Gasteiger partial charge in [0.2, 0.25) is 0 Å². The number of aliphatic hydroxyl groups excluding tert-OH is 2. The van der Waals surface area contributed by atoms with E-state index < -0.39 is 0 Å². The fraction of sp³-hybridized carbons (Fsp3) is 0.696. The van der Waals surface area contributed by atoms with E-state index in [1.165, 1.54) is 18.2 Å². The van der Waals surface area contributed by atoms with E-state index in [0.717, 1.165) is 61.5 Å². The molecule has 29 heavy (non-hydrogen) atoms. The lowest BCUT2D eigenvalue weighted by Gasteiger charge is -2.32. The molecule has 1 aromatic rings. The molecule has 6 heteroatoms. The number of unbranched alkanes of at least 4 members (excludes halogenated alkanes) is 1. The molecule has 1 saturated carbocycles. The first-order valence-electron chi connectivity index (χ1n) is 10.8. The van der Waals surface area contributed by atoms with Crippen molar-refractivity contribution >= 4 is 28.6 Å². The van der Waals surface area contributed by atoms with Gasteiger partial charge in [0, 0.05) is 0 Å². The van der Waals surface area contributed by atoms with E-state index in [4.69, 9.17) is 4.74 Å². The first kappa shape index (κ1) is 22.8. The molecule has 5 atom stereocenters. The second kappa shape index (κ2) is 11.0. The van der Waals surface area contributed by atoms with Crippen molar-refractivity contribution in [2.45, 2.75) is 63.6 Å². The number of aliphatic hydroxyl groups is 2. The average molecular weight is 516 g/mol. The minimum absolute atomic E-state index is 0.0816. The fourth-order valence-corrected chi connectivity index (χ4v) is 5.68. The Kier molecular flexibility index (Phi) is 8.62. The van der Waals surface area contributed by atoms with E-state index in [2.05, 4.69) is 33.4 Å². The molecule has 2 aliphatic carbocycles. The van der Waals surface area contributed by atoms with Crippen LogP contribution in [-0.2, 0) is 22.4 Å². The number of methoxy groups -OCH3 is 1. The summed E-state index contributed by atoms with van der Waals surface area (Å²) in [5.74, 6) is 1.52. The van der Waals surface area contributed by atoms with Gasteiger partial charge in [-0.15, -0.1) is 0 Å². The Morgan fingerprint density at radius 2 is 2.10 bits per heavy atom. The van der Waals surface area contributed by atoms with Crippen molar-refractivity contribution in [2.75, 3.05) is 18.1 Å². The zero-order valence-corrected chi connectivity index (χ0v) is 19.3. The molecule has 0 aliphatic heterocycles. The fourth-order valence-electron chi connectivity index (χ4n) is 5.14. The molecule has 0 bridgehead atoms. The van der Waals surface area contributed by atoms with Crippen molar-refractivity contribution in [1.29, 1.82) is 0 Å². The maximum absolute atomic E-state index is 11.4. The summed E-state index contributed by atoms with van der Waals surface area (Å²) in [6.45, 7) is -0.0816. The van der Waals surface area contributed by atoms with Gasteiger partial charge in [0.1, 0.15) is 5.75 Å². The van der Waals surface area contributed by atoms with Gasteiger partial charge >= 0.3 is 5.97 Å². The highest BCUT2D eigenvalue weighted by atomic mass is 127. The van der Waals surface area contributed by atoms with Gasteiger partial charge in [-0.3, -0.25) is 0 Å². The number of halogens is 1. The molecule has 1 fully saturated rings. The van der Waals surface area contributed by atoms with E-state index in [-0.39, 0.29) is 30.7 Å². The van der Waals surface area contributed by atoms with Crippen LogP contribution in [0.2, 0.25) is 0 Å². The summed E-state index contributed by atoms with van der Waals surface area (Å²) in [4.78, 5) is 11.4. The number of rotatable bonds is 10. The highest BCUT2D eigenvalue weighted by molar-refractivity contribution is 14.1. The molecular formula is C23H33IO5. The number of benzene rings is 1. The maximum Gasteiger partial charge on any atom is 0.343 e. The zero-order chi connectivity index (χ0) is 20.8. The molecule has 0 aromatic heterocycles. The van der Waals surface area contributed by atoms with E-state index >= 15 is 0 Å². The van der Waals surface area contributed by atoms with Crippen LogP contribution in [0, 0.1) is 17.8 Å². The molecule has 0 heterocycles. The number of alkyl halides is 1. The van der Waals surface area contributed by atoms with Crippen LogP contribution in [0.15, 0.2) is 18.2 Å². The molecule has 5 nitrogen and oxygen atoms in total. The van der Waals surface area contributed by atoms with Crippen molar-refractivity contribution in [2.24, 2.45) is 17.8 Å². The number of hydrogen-bond donors (Lipinski definition) is 2. The topological polar surface area (TPSA) is 76.0 Å². The Balaban J connectivity index is 1.62. The molecule has 0 radical (unpaired) electrons. The first-order valence-corrected chi connectivity index (χ1v) is 12.3. The smallest absolute Gasteiger partial charge is 0.343 e. The molecule has 1 aromatic carbocycles. The molecule has 0 spiro atoms. The van der Waals surface area contributed by atoms with Crippen molar-refractivity contribution in [3.05, 3.63) is 29.3 Å². The maximum atomic E-state index is 11.4. The third-order valence-corrected chi connectivity index (χ3v) is 7.44. The van der Waals surface area contributed by atoms with Gasteiger partial charge in [-0.1, -0.05) is 41.1 Å². The third kappa shape index (κ3) is 5.85. The lowest BCUT2D eigenvalue weighted by Crippen LogP contribution is -2.28. The Hall–Kier alpha value is -0.860. The van der Waals surface area contributed by atoms with E-state index in [1.807, 2.05) is 12.1 Å². The molecular weight excluding hydrogens is 483 g/mol. The van der Waals surface area contributed by atoms with Gasteiger partial charge in [-0.05, 0) is 84.3 Å². The van der Waals surface area contributed by atoms with Crippen molar-refractivity contribution in [3.63, 3.8) is 0 Å². The Labute approximate surface area is 187 Å². The van der Waals surface area contributed by atoms with Gasteiger partial charge in [-0.2, -0.15) is 0 Å².